The Kier molecular flexibility index (Phi) is 2.87. The standard InChI is InChI=1S/C12H14N4OS/c1-15(9-2-3-9)11(17)8-16-6-4-10(14-16)12-13-5-7-18-12/h4-7,9H,2-3,8H2,1H3. The van der Waals surface area contributed by atoms with E-state index in [0.29, 0.717) is 12.6 Å². The number of amides is 1. The molecule has 0 spiro atoms. The van der Waals surface area contributed by atoms with Gasteiger partial charge < -0.3 is 4.90 Å². The molecule has 0 unspecified atom stereocenters. The number of aromatic nitrogens is 3. The Balaban J connectivity index is 1.68. The Morgan fingerprint density at radius 1 is 1.61 bits per heavy atom. The molecule has 5 nitrogen and oxygen atoms in total. The van der Waals surface area contributed by atoms with Crippen LogP contribution in [-0.4, -0.2) is 38.7 Å². The second-order valence-corrected chi connectivity index (χ2v) is 5.37. The molecule has 0 aliphatic heterocycles. The highest BCUT2D eigenvalue weighted by Crippen LogP contribution is 2.25. The molecule has 0 saturated heterocycles. The smallest absolute Gasteiger partial charge is 0.244 e. The van der Waals surface area contributed by atoms with Gasteiger partial charge in [-0.1, -0.05) is 0 Å². The van der Waals surface area contributed by atoms with Crippen molar-refractivity contribution in [1.29, 1.82) is 0 Å². The molecule has 1 fully saturated rings. The fraction of sp³-hybridized carbons (Fsp3) is 0.417. The molecule has 0 radical (unpaired) electrons. The molecule has 1 aliphatic rings. The number of rotatable bonds is 4. The summed E-state index contributed by atoms with van der Waals surface area (Å²) < 4.78 is 1.68. The highest BCUT2D eigenvalue weighted by Gasteiger charge is 2.29. The largest absolute Gasteiger partial charge is 0.341 e. The van der Waals surface area contributed by atoms with E-state index >= 15 is 0 Å². The van der Waals surface area contributed by atoms with Gasteiger partial charge in [-0.2, -0.15) is 5.10 Å². The minimum atomic E-state index is 0.117. The SMILES string of the molecule is CN(C(=O)Cn1ccc(-c2nccs2)n1)C1CC1. The van der Waals surface area contributed by atoms with E-state index in [1.54, 1.807) is 22.2 Å². The summed E-state index contributed by atoms with van der Waals surface area (Å²) in [6, 6.07) is 2.34. The molecular formula is C12H14N4OS. The first kappa shape index (κ1) is 11.4. The summed E-state index contributed by atoms with van der Waals surface area (Å²) in [4.78, 5) is 18.0. The van der Waals surface area contributed by atoms with Crippen molar-refractivity contribution in [3.05, 3.63) is 23.8 Å². The van der Waals surface area contributed by atoms with Crippen LogP contribution in [0.3, 0.4) is 0 Å². The molecule has 2 aromatic heterocycles. The molecule has 2 aromatic rings. The van der Waals surface area contributed by atoms with Crippen LogP contribution in [0.4, 0.5) is 0 Å². The summed E-state index contributed by atoms with van der Waals surface area (Å²) in [5.74, 6) is 0.117. The lowest BCUT2D eigenvalue weighted by atomic mass is 10.4. The molecule has 3 rings (SSSR count). The predicted molar refractivity (Wildman–Crippen MR) is 69.1 cm³/mol. The average molecular weight is 262 g/mol. The number of nitrogens with zero attached hydrogens (tertiary/aromatic N) is 4. The fourth-order valence-electron chi connectivity index (χ4n) is 1.83. The topological polar surface area (TPSA) is 51.0 Å². The monoisotopic (exact) mass is 262 g/mol. The number of hydrogen-bond acceptors (Lipinski definition) is 4. The highest BCUT2D eigenvalue weighted by molar-refractivity contribution is 7.13. The molecule has 1 saturated carbocycles. The molecule has 18 heavy (non-hydrogen) atoms. The number of hydrogen-bond donors (Lipinski definition) is 0. The first-order valence-electron chi connectivity index (χ1n) is 5.93. The van der Waals surface area contributed by atoms with Gasteiger partial charge in [-0.05, 0) is 18.9 Å². The van der Waals surface area contributed by atoms with Gasteiger partial charge in [0.2, 0.25) is 5.91 Å². The lowest BCUT2D eigenvalue weighted by Crippen LogP contribution is -2.32. The van der Waals surface area contributed by atoms with Gasteiger partial charge >= 0.3 is 0 Å². The Labute approximate surface area is 109 Å². The summed E-state index contributed by atoms with van der Waals surface area (Å²) in [6.07, 6.45) is 5.85. The van der Waals surface area contributed by atoms with Crippen molar-refractivity contribution < 1.29 is 4.79 Å². The minimum Gasteiger partial charge on any atom is -0.341 e. The summed E-state index contributed by atoms with van der Waals surface area (Å²) in [6.45, 7) is 0.304. The van der Waals surface area contributed by atoms with E-state index in [1.165, 1.54) is 0 Å². The van der Waals surface area contributed by atoms with Crippen molar-refractivity contribution in [2.75, 3.05) is 7.05 Å². The number of carbonyl (C=O) groups excluding carboxylic acids is 1. The molecule has 6 heteroatoms. The fourth-order valence-corrected chi connectivity index (χ4v) is 2.43. The van der Waals surface area contributed by atoms with Crippen LogP contribution in [0.25, 0.3) is 10.7 Å². The molecule has 0 atom stereocenters. The molecule has 0 aromatic carbocycles. The number of carbonyl (C=O) groups is 1. The van der Waals surface area contributed by atoms with E-state index in [-0.39, 0.29) is 5.91 Å². The van der Waals surface area contributed by atoms with E-state index in [1.807, 2.05) is 29.6 Å². The second-order valence-electron chi connectivity index (χ2n) is 4.47. The van der Waals surface area contributed by atoms with Crippen molar-refractivity contribution in [1.82, 2.24) is 19.7 Å². The summed E-state index contributed by atoms with van der Waals surface area (Å²) in [5.41, 5.74) is 0.826. The highest BCUT2D eigenvalue weighted by atomic mass is 32.1. The van der Waals surface area contributed by atoms with Crippen LogP contribution in [0, 0.1) is 0 Å². The van der Waals surface area contributed by atoms with E-state index in [0.717, 1.165) is 23.5 Å². The Morgan fingerprint density at radius 2 is 2.44 bits per heavy atom. The molecule has 2 heterocycles. The summed E-state index contributed by atoms with van der Waals surface area (Å²) in [7, 11) is 1.87. The van der Waals surface area contributed by atoms with Crippen LogP contribution in [0.2, 0.25) is 0 Å². The van der Waals surface area contributed by atoms with Gasteiger partial charge in [0.25, 0.3) is 0 Å². The van der Waals surface area contributed by atoms with E-state index in [4.69, 9.17) is 0 Å². The van der Waals surface area contributed by atoms with Crippen LogP contribution in [-0.2, 0) is 11.3 Å². The van der Waals surface area contributed by atoms with Gasteiger partial charge in [-0.25, -0.2) is 4.98 Å². The van der Waals surface area contributed by atoms with Crippen LogP contribution >= 0.6 is 11.3 Å². The quantitative estimate of drug-likeness (QED) is 0.841. The Hall–Kier alpha value is -1.69. The van der Waals surface area contributed by atoms with E-state index in [9.17, 15) is 4.79 Å². The molecule has 94 valence electrons. The third kappa shape index (κ3) is 2.28. The molecule has 1 aliphatic carbocycles. The molecular weight excluding hydrogens is 248 g/mol. The summed E-state index contributed by atoms with van der Waals surface area (Å²) >= 11 is 1.55. The minimum absolute atomic E-state index is 0.117. The lowest BCUT2D eigenvalue weighted by Gasteiger charge is -2.15. The van der Waals surface area contributed by atoms with Crippen molar-refractivity contribution in [2.45, 2.75) is 25.4 Å². The van der Waals surface area contributed by atoms with Gasteiger partial charge in [0.05, 0.1) is 0 Å². The Morgan fingerprint density at radius 3 is 3.11 bits per heavy atom. The molecule has 0 N–H and O–H groups in total. The molecule has 1 amide bonds. The van der Waals surface area contributed by atoms with Crippen LogP contribution in [0.1, 0.15) is 12.8 Å². The maximum absolute atomic E-state index is 11.9. The van der Waals surface area contributed by atoms with Crippen molar-refractivity contribution in [3.8, 4) is 10.7 Å². The first-order valence-corrected chi connectivity index (χ1v) is 6.81. The predicted octanol–water partition coefficient (Wildman–Crippen LogP) is 1.63. The zero-order valence-electron chi connectivity index (χ0n) is 10.1. The third-order valence-electron chi connectivity index (χ3n) is 3.08. The number of thiazole rings is 1. The Bertz CT molecular complexity index is 544. The van der Waals surface area contributed by atoms with Gasteiger partial charge in [0, 0.05) is 30.9 Å². The van der Waals surface area contributed by atoms with Crippen LogP contribution in [0.15, 0.2) is 23.8 Å². The van der Waals surface area contributed by atoms with Crippen molar-refractivity contribution in [3.63, 3.8) is 0 Å². The normalized spacial score (nSPS) is 14.7. The average Bonchev–Trinajstić information content (AvgIpc) is 2.89. The maximum atomic E-state index is 11.9. The van der Waals surface area contributed by atoms with Crippen molar-refractivity contribution in [2.24, 2.45) is 0 Å². The van der Waals surface area contributed by atoms with Crippen LogP contribution < -0.4 is 0 Å². The molecule has 0 bridgehead atoms. The van der Waals surface area contributed by atoms with Crippen molar-refractivity contribution >= 4 is 17.2 Å². The van der Waals surface area contributed by atoms with Gasteiger partial charge in [0.1, 0.15) is 17.2 Å². The first-order chi connectivity index (χ1) is 8.74. The second kappa shape index (κ2) is 4.53. The third-order valence-corrected chi connectivity index (χ3v) is 3.87. The van der Waals surface area contributed by atoms with E-state index in [2.05, 4.69) is 10.1 Å². The van der Waals surface area contributed by atoms with E-state index < -0.39 is 0 Å². The lowest BCUT2D eigenvalue weighted by molar-refractivity contribution is -0.131. The zero-order chi connectivity index (χ0) is 12.5. The zero-order valence-corrected chi connectivity index (χ0v) is 10.9. The maximum Gasteiger partial charge on any atom is 0.244 e. The van der Waals surface area contributed by atoms with Gasteiger partial charge in [-0.3, -0.25) is 9.48 Å². The van der Waals surface area contributed by atoms with Gasteiger partial charge in [0.15, 0.2) is 0 Å². The summed E-state index contributed by atoms with van der Waals surface area (Å²) in [5, 5.41) is 7.17. The van der Waals surface area contributed by atoms with Gasteiger partial charge in [-0.15, -0.1) is 11.3 Å². The van der Waals surface area contributed by atoms with Crippen LogP contribution in [0.5, 0.6) is 0 Å². The number of likely N-dealkylation sites (N-methyl/N-ethyl adjacent to an activating group) is 1.